The number of hydrogen-bond donors (Lipinski definition) is 3. The molecule has 1 aromatic heterocycles. The first-order chi connectivity index (χ1) is 9.19. The molecule has 0 saturated carbocycles. The number of carbonyl (C=O) groups is 1. The molecule has 19 heavy (non-hydrogen) atoms. The van der Waals surface area contributed by atoms with Crippen molar-refractivity contribution in [3.8, 4) is 11.3 Å². The smallest absolute Gasteiger partial charge is 0.404 e. The Morgan fingerprint density at radius 2 is 2.00 bits per heavy atom. The quantitative estimate of drug-likeness (QED) is 0.783. The Morgan fingerprint density at radius 3 is 2.74 bits per heavy atom. The van der Waals surface area contributed by atoms with E-state index in [4.69, 9.17) is 10.2 Å². The summed E-state index contributed by atoms with van der Waals surface area (Å²) < 4.78 is 0. The van der Waals surface area contributed by atoms with Crippen molar-refractivity contribution in [1.29, 1.82) is 0 Å². The molecule has 1 amide bonds. The van der Waals surface area contributed by atoms with Gasteiger partial charge in [0.1, 0.15) is 0 Å². The SMILES string of the molecule is O=C(O)NCc1cccc(-c2cccc(CO)n2)c1. The molecule has 5 nitrogen and oxygen atoms in total. The number of aliphatic hydroxyl groups is 1. The van der Waals surface area contributed by atoms with Crippen molar-refractivity contribution in [2.45, 2.75) is 13.2 Å². The predicted molar refractivity (Wildman–Crippen MR) is 70.5 cm³/mol. The number of aliphatic hydroxyl groups excluding tert-OH is 1. The molecule has 0 fully saturated rings. The first-order valence-corrected chi connectivity index (χ1v) is 5.82. The molecule has 2 aromatic rings. The average molecular weight is 258 g/mol. The monoisotopic (exact) mass is 258 g/mol. The number of nitrogens with zero attached hydrogens (tertiary/aromatic N) is 1. The largest absolute Gasteiger partial charge is 0.465 e. The molecule has 0 bridgehead atoms. The van der Waals surface area contributed by atoms with Gasteiger partial charge in [0.15, 0.2) is 0 Å². The van der Waals surface area contributed by atoms with Crippen LogP contribution < -0.4 is 5.32 Å². The highest BCUT2D eigenvalue weighted by molar-refractivity contribution is 5.65. The number of carboxylic acid groups (broad SMARTS) is 1. The van der Waals surface area contributed by atoms with Crippen LogP contribution in [-0.4, -0.2) is 21.3 Å². The van der Waals surface area contributed by atoms with Crippen molar-refractivity contribution in [3.63, 3.8) is 0 Å². The van der Waals surface area contributed by atoms with Crippen molar-refractivity contribution < 1.29 is 15.0 Å². The van der Waals surface area contributed by atoms with Crippen LogP contribution in [0.15, 0.2) is 42.5 Å². The van der Waals surface area contributed by atoms with Gasteiger partial charge in [0, 0.05) is 12.1 Å². The van der Waals surface area contributed by atoms with Crippen molar-refractivity contribution in [2.75, 3.05) is 0 Å². The molecule has 0 atom stereocenters. The van der Waals surface area contributed by atoms with Crippen molar-refractivity contribution >= 4 is 6.09 Å². The summed E-state index contributed by atoms with van der Waals surface area (Å²) in [6, 6.07) is 12.9. The highest BCUT2D eigenvalue weighted by atomic mass is 16.4. The second-order valence-electron chi connectivity index (χ2n) is 4.03. The first kappa shape index (κ1) is 13.0. The Morgan fingerprint density at radius 1 is 1.21 bits per heavy atom. The Hall–Kier alpha value is -2.40. The molecule has 0 aliphatic heterocycles. The maximum Gasteiger partial charge on any atom is 0.404 e. The zero-order valence-corrected chi connectivity index (χ0v) is 10.2. The third-order valence-corrected chi connectivity index (χ3v) is 2.64. The van der Waals surface area contributed by atoms with Crippen LogP contribution in [0.25, 0.3) is 11.3 Å². The molecular weight excluding hydrogens is 244 g/mol. The van der Waals surface area contributed by atoms with E-state index in [2.05, 4.69) is 10.3 Å². The minimum Gasteiger partial charge on any atom is -0.465 e. The molecule has 98 valence electrons. The second-order valence-corrected chi connectivity index (χ2v) is 4.03. The van der Waals surface area contributed by atoms with Gasteiger partial charge in [0.25, 0.3) is 0 Å². The van der Waals surface area contributed by atoms with Gasteiger partial charge in [-0.1, -0.05) is 24.3 Å². The Bertz CT molecular complexity index is 584. The molecule has 5 heteroatoms. The molecule has 2 rings (SSSR count). The fraction of sp³-hybridized carbons (Fsp3) is 0.143. The van der Waals surface area contributed by atoms with E-state index in [1.54, 1.807) is 6.07 Å². The summed E-state index contributed by atoms with van der Waals surface area (Å²) in [5.41, 5.74) is 3.10. The van der Waals surface area contributed by atoms with Crippen LogP contribution in [0.3, 0.4) is 0 Å². The van der Waals surface area contributed by atoms with E-state index >= 15 is 0 Å². The van der Waals surface area contributed by atoms with Gasteiger partial charge in [-0.05, 0) is 23.8 Å². The van der Waals surface area contributed by atoms with Crippen LogP contribution in [-0.2, 0) is 13.2 Å². The molecule has 1 aromatic carbocycles. The Labute approximate surface area is 110 Å². The van der Waals surface area contributed by atoms with E-state index in [9.17, 15) is 4.79 Å². The van der Waals surface area contributed by atoms with Gasteiger partial charge in [-0.3, -0.25) is 4.98 Å². The summed E-state index contributed by atoms with van der Waals surface area (Å²) in [5, 5.41) is 20.0. The highest BCUT2D eigenvalue weighted by Gasteiger charge is 2.03. The van der Waals surface area contributed by atoms with Gasteiger partial charge in [-0.15, -0.1) is 0 Å². The van der Waals surface area contributed by atoms with Crippen molar-refractivity contribution in [3.05, 3.63) is 53.7 Å². The standard InChI is InChI=1S/C14H14N2O3/c17-9-12-5-2-6-13(16-12)11-4-1-3-10(7-11)8-15-14(18)19/h1-7,15,17H,8-9H2,(H,18,19). The van der Waals surface area contributed by atoms with E-state index in [-0.39, 0.29) is 13.2 Å². The number of nitrogens with one attached hydrogen (secondary N) is 1. The van der Waals surface area contributed by atoms with Crippen LogP contribution in [0, 0.1) is 0 Å². The Kier molecular flexibility index (Phi) is 4.10. The minimum absolute atomic E-state index is 0.103. The lowest BCUT2D eigenvalue weighted by atomic mass is 10.1. The fourth-order valence-corrected chi connectivity index (χ4v) is 1.75. The molecule has 0 radical (unpaired) electrons. The molecule has 0 aliphatic rings. The molecule has 1 heterocycles. The van der Waals surface area contributed by atoms with Crippen LogP contribution in [0.5, 0.6) is 0 Å². The number of aromatic nitrogens is 1. The maximum atomic E-state index is 10.5. The van der Waals surface area contributed by atoms with Crippen molar-refractivity contribution in [1.82, 2.24) is 10.3 Å². The third kappa shape index (κ3) is 3.53. The number of pyridine rings is 1. The summed E-state index contributed by atoms with van der Waals surface area (Å²) in [6.07, 6.45) is -1.05. The third-order valence-electron chi connectivity index (χ3n) is 2.64. The lowest BCUT2D eigenvalue weighted by Gasteiger charge is -2.06. The fourth-order valence-electron chi connectivity index (χ4n) is 1.75. The molecule has 3 N–H and O–H groups in total. The molecule has 0 unspecified atom stereocenters. The zero-order chi connectivity index (χ0) is 13.7. The van der Waals surface area contributed by atoms with Crippen LogP contribution in [0.4, 0.5) is 4.79 Å². The highest BCUT2D eigenvalue weighted by Crippen LogP contribution is 2.18. The minimum atomic E-state index is -1.05. The van der Waals surface area contributed by atoms with Gasteiger partial charge in [-0.2, -0.15) is 0 Å². The molecule has 0 spiro atoms. The van der Waals surface area contributed by atoms with Crippen LogP contribution >= 0.6 is 0 Å². The van der Waals surface area contributed by atoms with Gasteiger partial charge in [0.05, 0.1) is 18.0 Å². The molecular formula is C14H14N2O3. The molecule has 0 saturated heterocycles. The second kappa shape index (κ2) is 5.97. The first-order valence-electron chi connectivity index (χ1n) is 5.82. The van der Waals surface area contributed by atoms with E-state index in [0.29, 0.717) is 5.69 Å². The van der Waals surface area contributed by atoms with Crippen molar-refractivity contribution in [2.24, 2.45) is 0 Å². The summed E-state index contributed by atoms with van der Waals surface area (Å²) >= 11 is 0. The lowest BCUT2D eigenvalue weighted by molar-refractivity contribution is 0.194. The van der Waals surface area contributed by atoms with Gasteiger partial charge in [0.2, 0.25) is 0 Å². The molecule has 0 aliphatic carbocycles. The zero-order valence-electron chi connectivity index (χ0n) is 10.2. The van der Waals surface area contributed by atoms with E-state index in [1.807, 2.05) is 36.4 Å². The topological polar surface area (TPSA) is 82.5 Å². The summed E-state index contributed by atoms with van der Waals surface area (Å²) in [6.45, 7) is 0.150. The van der Waals surface area contributed by atoms with E-state index in [0.717, 1.165) is 16.8 Å². The van der Waals surface area contributed by atoms with Gasteiger partial charge in [-0.25, -0.2) is 4.79 Å². The van der Waals surface area contributed by atoms with Crippen LogP contribution in [0.2, 0.25) is 0 Å². The summed E-state index contributed by atoms with van der Waals surface area (Å²) in [5.74, 6) is 0. The van der Waals surface area contributed by atoms with E-state index < -0.39 is 6.09 Å². The Balaban J connectivity index is 2.24. The number of hydrogen-bond acceptors (Lipinski definition) is 3. The maximum absolute atomic E-state index is 10.5. The normalized spacial score (nSPS) is 10.2. The summed E-state index contributed by atoms with van der Waals surface area (Å²) in [4.78, 5) is 14.8. The van der Waals surface area contributed by atoms with Gasteiger partial charge < -0.3 is 15.5 Å². The van der Waals surface area contributed by atoms with Crippen LogP contribution in [0.1, 0.15) is 11.3 Å². The summed E-state index contributed by atoms with van der Waals surface area (Å²) in [7, 11) is 0. The predicted octanol–water partition coefficient (Wildman–Crippen LogP) is 2.01. The van der Waals surface area contributed by atoms with E-state index in [1.165, 1.54) is 0 Å². The van der Waals surface area contributed by atoms with Gasteiger partial charge >= 0.3 is 6.09 Å². The lowest BCUT2D eigenvalue weighted by Crippen LogP contribution is -2.19. The average Bonchev–Trinajstić information content (AvgIpc) is 2.45. The number of rotatable bonds is 4. The number of benzene rings is 1. The number of amides is 1.